The zero-order valence-corrected chi connectivity index (χ0v) is 17.3. The van der Waals surface area contributed by atoms with Crippen LogP contribution in [0.5, 0.6) is 0 Å². The summed E-state index contributed by atoms with van der Waals surface area (Å²) in [6.07, 6.45) is 0.361. The molecule has 0 saturated carbocycles. The number of carbonyl (C=O) groups excluding carboxylic acids is 1. The molecular weight excluding hydrogens is 366 g/mol. The molecule has 2 unspecified atom stereocenters. The third-order valence-corrected chi connectivity index (χ3v) is 5.56. The first kappa shape index (κ1) is 20.6. The summed E-state index contributed by atoms with van der Waals surface area (Å²) in [6, 6.07) is 13.9. The molecular formula is C23H27N3O3. The van der Waals surface area contributed by atoms with Crippen molar-refractivity contribution >= 4 is 22.6 Å². The Labute approximate surface area is 170 Å². The van der Waals surface area contributed by atoms with Crippen molar-refractivity contribution in [3.05, 3.63) is 65.0 Å². The fourth-order valence-electron chi connectivity index (χ4n) is 3.82. The number of hydrogen-bond donors (Lipinski definition) is 2. The van der Waals surface area contributed by atoms with Crippen molar-refractivity contribution < 1.29 is 14.7 Å². The molecule has 3 rings (SSSR count). The highest BCUT2D eigenvalue weighted by Gasteiger charge is 2.25. The highest BCUT2D eigenvalue weighted by molar-refractivity contribution is 5.85. The standard InChI is InChI=1S/C23H27N3O3/c1-14(21-15(2)25-26(4)16(21)3)22(27)24-13-20(23(28)29)12-17-9-10-18-7-5-6-8-19(18)11-17/h5-11,14,20H,12-13H2,1-4H3,(H,24,27)(H,28,29). The molecule has 0 fully saturated rings. The Hall–Kier alpha value is -3.15. The maximum absolute atomic E-state index is 12.7. The largest absolute Gasteiger partial charge is 0.481 e. The number of fused-ring (bicyclic) bond motifs is 1. The van der Waals surface area contributed by atoms with E-state index in [0.29, 0.717) is 6.42 Å². The van der Waals surface area contributed by atoms with Crippen LogP contribution in [0.3, 0.4) is 0 Å². The molecule has 3 aromatic rings. The van der Waals surface area contributed by atoms with Crippen molar-refractivity contribution in [1.82, 2.24) is 15.1 Å². The first-order valence-corrected chi connectivity index (χ1v) is 9.76. The van der Waals surface area contributed by atoms with E-state index in [1.54, 1.807) is 4.68 Å². The normalized spacial score (nSPS) is 13.2. The summed E-state index contributed by atoms with van der Waals surface area (Å²) >= 11 is 0. The lowest BCUT2D eigenvalue weighted by Crippen LogP contribution is -2.36. The van der Waals surface area contributed by atoms with Crippen LogP contribution in [0.1, 0.15) is 35.4 Å². The van der Waals surface area contributed by atoms with Crippen molar-refractivity contribution in [2.75, 3.05) is 6.54 Å². The van der Waals surface area contributed by atoms with Crippen LogP contribution in [0.2, 0.25) is 0 Å². The summed E-state index contributed by atoms with van der Waals surface area (Å²) in [6.45, 7) is 5.72. The minimum atomic E-state index is -0.917. The van der Waals surface area contributed by atoms with E-state index in [1.165, 1.54) is 0 Å². The topological polar surface area (TPSA) is 84.2 Å². The molecule has 0 aliphatic carbocycles. The second-order valence-corrected chi connectivity index (χ2v) is 7.60. The van der Waals surface area contributed by atoms with E-state index in [1.807, 2.05) is 70.3 Å². The lowest BCUT2D eigenvalue weighted by Gasteiger charge is -2.17. The third kappa shape index (κ3) is 4.47. The van der Waals surface area contributed by atoms with Gasteiger partial charge in [0.05, 0.1) is 17.5 Å². The zero-order chi connectivity index (χ0) is 21.1. The van der Waals surface area contributed by atoms with Crippen LogP contribution in [-0.2, 0) is 23.1 Å². The van der Waals surface area contributed by atoms with Gasteiger partial charge < -0.3 is 10.4 Å². The molecule has 1 amide bonds. The number of carboxylic acids is 1. The van der Waals surface area contributed by atoms with Crippen LogP contribution >= 0.6 is 0 Å². The van der Waals surface area contributed by atoms with Gasteiger partial charge in [0.25, 0.3) is 0 Å². The number of aryl methyl sites for hydroxylation is 2. The molecule has 0 bridgehead atoms. The number of nitrogens with zero attached hydrogens (tertiary/aromatic N) is 2. The minimum absolute atomic E-state index is 0.0870. The summed E-state index contributed by atoms with van der Waals surface area (Å²) in [7, 11) is 1.85. The number of nitrogens with one attached hydrogen (secondary N) is 1. The molecule has 0 aliphatic rings. The van der Waals surface area contributed by atoms with Crippen molar-refractivity contribution in [1.29, 1.82) is 0 Å². The zero-order valence-electron chi connectivity index (χ0n) is 17.3. The van der Waals surface area contributed by atoms with Gasteiger partial charge in [0.2, 0.25) is 5.91 Å². The number of aromatic nitrogens is 2. The molecule has 6 heteroatoms. The van der Waals surface area contributed by atoms with E-state index in [0.717, 1.165) is 33.3 Å². The Kier molecular flexibility index (Phi) is 6.01. The van der Waals surface area contributed by atoms with Crippen LogP contribution in [0.15, 0.2) is 42.5 Å². The number of carbonyl (C=O) groups is 2. The fraction of sp³-hybridized carbons (Fsp3) is 0.348. The van der Waals surface area contributed by atoms with Gasteiger partial charge in [-0.05, 0) is 43.5 Å². The van der Waals surface area contributed by atoms with E-state index in [2.05, 4.69) is 10.4 Å². The van der Waals surface area contributed by atoms with E-state index < -0.39 is 11.9 Å². The van der Waals surface area contributed by atoms with Gasteiger partial charge in [0.15, 0.2) is 0 Å². The van der Waals surface area contributed by atoms with E-state index >= 15 is 0 Å². The van der Waals surface area contributed by atoms with Gasteiger partial charge in [-0.2, -0.15) is 5.10 Å². The van der Waals surface area contributed by atoms with Crippen LogP contribution in [0, 0.1) is 19.8 Å². The second kappa shape index (κ2) is 8.47. The highest BCUT2D eigenvalue weighted by Crippen LogP contribution is 2.23. The summed E-state index contributed by atoms with van der Waals surface area (Å²) in [5.74, 6) is -2.18. The first-order chi connectivity index (χ1) is 13.8. The Balaban J connectivity index is 1.68. The lowest BCUT2D eigenvalue weighted by atomic mass is 9.95. The van der Waals surface area contributed by atoms with Gasteiger partial charge in [-0.25, -0.2) is 0 Å². The van der Waals surface area contributed by atoms with Crippen molar-refractivity contribution in [3.8, 4) is 0 Å². The summed E-state index contributed by atoms with van der Waals surface area (Å²) in [5.41, 5.74) is 3.60. The molecule has 29 heavy (non-hydrogen) atoms. The SMILES string of the molecule is Cc1nn(C)c(C)c1C(C)C(=O)NCC(Cc1ccc2ccccc2c1)C(=O)O. The third-order valence-electron chi connectivity index (χ3n) is 5.56. The van der Waals surface area contributed by atoms with Gasteiger partial charge in [-0.1, -0.05) is 42.5 Å². The van der Waals surface area contributed by atoms with Gasteiger partial charge in [0.1, 0.15) is 0 Å². The number of amides is 1. The molecule has 2 N–H and O–H groups in total. The number of benzene rings is 2. The number of aliphatic carboxylic acids is 1. The predicted octanol–water partition coefficient (Wildman–Crippen LogP) is 3.35. The Morgan fingerprint density at radius 2 is 1.83 bits per heavy atom. The van der Waals surface area contributed by atoms with Gasteiger partial charge in [0, 0.05) is 24.8 Å². The molecule has 2 atom stereocenters. The smallest absolute Gasteiger partial charge is 0.308 e. The molecule has 0 saturated heterocycles. The number of carboxylic acid groups (broad SMARTS) is 1. The maximum Gasteiger partial charge on any atom is 0.308 e. The maximum atomic E-state index is 12.7. The van der Waals surface area contributed by atoms with Gasteiger partial charge >= 0.3 is 5.97 Å². The molecule has 2 aromatic carbocycles. The van der Waals surface area contributed by atoms with E-state index in [-0.39, 0.29) is 18.4 Å². The highest BCUT2D eigenvalue weighted by atomic mass is 16.4. The Bertz CT molecular complexity index is 1050. The Morgan fingerprint density at radius 1 is 1.14 bits per heavy atom. The molecule has 0 spiro atoms. The van der Waals surface area contributed by atoms with Gasteiger partial charge in [-0.15, -0.1) is 0 Å². The Morgan fingerprint density at radius 3 is 2.45 bits per heavy atom. The van der Waals surface area contributed by atoms with Crippen LogP contribution in [0.4, 0.5) is 0 Å². The van der Waals surface area contributed by atoms with Crippen LogP contribution < -0.4 is 5.32 Å². The fourth-order valence-corrected chi connectivity index (χ4v) is 3.82. The lowest BCUT2D eigenvalue weighted by molar-refractivity contribution is -0.141. The van der Waals surface area contributed by atoms with E-state index in [4.69, 9.17) is 0 Å². The van der Waals surface area contributed by atoms with E-state index in [9.17, 15) is 14.7 Å². The molecule has 0 radical (unpaired) electrons. The first-order valence-electron chi connectivity index (χ1n) is 9.76. The van der Waals surface area contributed by atoms with Crippen LogP contribution in [-0.4, -0.2) is 33.3 Å². The molecule has 1 aromatic heterocycles. The quantitative estimate of drug-likeness (QED) is 0.645. The molecule has 6 nitrogen and oxygen atoms in total. The summed E-state index contributed by atoms with van der Waals surface area (Å²) in [5, 5.41) is 19.0. The average Bonchev–Trinajstić information content (AvgIpc) is 2.95. The second-order valence-electron chi connectivity index (χ2n) is 7.60. The van der Waals surface area contributed by atoms with Crippen LogP contribution in [0.25, 0.3) is 10.8 Å². The predicted molar refractivity (Wildman–Crippen MR) is 113 cm³/mol. The van der Waals surface area contributed by atoms with Crippen molar-refractivity contribution in [3.63, 3.8) is 0 Å². The van der Waals surface area contributed by atoms with Crippen molar-refractivity contribution in [2.24, 2.45) is 13.0 Å². The minimum Gasteiger partial charge on any atom is -0.481 e. The summed E-state index contributed by atoms with van der Waals surface area (Å²) < 4.78 is 1.76. The van der Waals surface area contributed by atoms with Gasteiger partial charge in [-0.3, -0.25) is 14.3 Å². The average molecular weight is 393 g/mol. The monoisotopic (exact) mass is 393 g/mol. The molecule has 0 aliphatic heterocycles. The summed E-state index contributed by atoms with van der Waals surface area (Å²) in [4.78, 5) is 24.4. The van der Waals surface area contributed by atoms with Crippen molar-refractivity contribution in [2.45, 2.75) is 33.1 Å². The molecule has 1 heterocycles. The number of hydrogen-bond acceptors (Lipinski definition) is 3. The molecule has 152 valence electrons. The number of rotatable bonds is 7.